The van der Waals surface area contributed by atoms with Crippen molar-refractivity contribution in [2.45, 2.75) is 43.4 Å². The number of halogens is 3. The maximum absolute atomic E-state index is 14.0. The number of esters is 1. The fourth-order valence-corrected chi connectivity index (χ4v) is 4.19. The molecule has 0 bridgehead atoms. The lowest BCUT2D eigenvalue weighted by Crippen LogP contribution is -2.56. The van der Waals surface area contributed by atoms with Crippen LogP contribution in [-0.4, -0.2) is 62.8 Å². The lowest BCUT2D eigenvalue weighted by Gasteiger charge is -2.31. The van der Waals surface area contributed by atoms with Crippen molar-refractivity contribution in [3.05, 3.63) is 102 Å². The van der Waals surface area contributed by atoms with Crippen molar-refractivity contribution in [2.24, 2.45) is 0 Å². The van der Waals surface area contributed by atoms with Crippen LogP contribution in [0.5, 0.6) is 5.75 Å². The lowest BCUT2D eigenvalue weighted by atomic mass is 10.0. The number of rotatable bonds is 15. The number of aliphatic hydroxyl groups is 1. The van der Waals surface area contributed by atoms with Gasteiger partial charge in [-0.2, -0.15) is 13.2 Å². The van der Waals surface area contributed by atoms with E-state index in [1.54, 1.807) is 54.6 Å². The lowest BCUT2D eigenvalue weighted by molar-refractivity contribution is -0.180. The Labute approximate surface area is 232 Å². The molecule has 0 spiro atoms. The standard InChI is InChI=1S/C30H35F3N2O5/c1-38-20-26(23-11-7-4-8-12-23)35-28(30(31,32)33)27(36)18-34-25(29(37)39-2)17-21-13-15-24(16-14-21)40-19-22-9-5-3-6-10-22/h3-16,25-28,34-36H,17-20H2,1-2H3/t25-,26-,27-,28+/m0/s1. The van der Waals surface area contributed by atoms with Crippen LogP contribution in [-0.2, 0) is 27.3 Å². The van der Waals surface area contributed by atoms with Gasteiger partial charge in [0.25, 0.3) is 0 Å². The van der Waals surface area contributed by atoms with Gasteiger partial charge in [-0.25, -0.2) is 0 Å². The summed E-state index contributed by atoms with van der Waals surface area (Å²) in [5.41, 5.74) is 2.34. The summed E-state index contributed by atoms with van der Waals surface area (Å²) in [6, 6.07) is 21.2. The van der Waals surface area contributed by atoms with Gasteiger partial charge in [-0.1, -0.05) is 72.8 Å². The fourth-order valence-electron chi connectivity index (χ4n) is 4.19. The van der Waals surface area contributed by atoms with E-state index in [4.69, 9.17) is 14.2 Å². The van der Waals surface area contributed by atoms with Gasteiger partial charge in [-0.3, -0.25) is 10.1 Å². The Morgan fingerprint density at radius 3 is 2.10 bits per heavy atom. The molecule has 4 atom stereocenters. The Morgan fingerprint density at radius 1 is 0.900 bits per heavy atom. The number of methoxy groups -OCH3 is 2. The Hall–Kier alpha value is -3.44. The first-order valence-corrected chi connectivity index (χ1v) is 12.8. The molecular formula is C30H35F3N2O5. The smallest absolute Gasteiger partial charge is 0.406 e. The molecule has 10 heteroatoms. The van der Waals surface area contributed by atoms with E-state index in [9.17, 15) is 23.1 Å². The molecule has 3 aromatic rings. The largest absolute Gasteiger partial charge is 0.489 e. The van der Waals surface area contributed by atoms with E-state index in [-0.39, 0.29) is 13.0 Å². The minimum absolute atomic E-state index is 0.0351. The summed E-state index contributed by atoms with van der Waals surface area (Å²) >= 11 is 0. The second-order valence-corrected chi connectivity index (χ2v) is 9.28. The quantitative estimate of drug-likeness (QED) is 0.240. The van der Waals surface area contributed by atoms with Crippen molar-refractivity contribution in [2.75, 3.05) is 27.4 Å². The van der Waals surface area contributed by atoms with Crippen molar-refractivity contribution in [1.82, 2.24) is 10.6 Å². The third-order valence-electron chi connectivity index (χ3n) is 6.32. The van der Waals surface area contributed by atoms with Crippen LogP contribution in [0.1, 0.15) is 22.7 Å². The molecule has 0 saturated carbocycles. The van der Waals surface area contributed by atoms with E-state index in [0.29, 0.717) is 17.9 Å². The number of hydrogen-bond acceptors (Lipinski definition) is 7. The Balaban J connectivity index is 1.63. The molecule has 0 saturated heterocycles. The monoisotopic (exact) mass is 560 g/mol. The van der Waals surface area contributed by atoms with Crippen molar-refractivity contribution in [1.29, 1.82) is 0 Å². The number of benzene rings is 3. The molecule has 0 aliphatic rings. The molecule has 0 unspecified atom stereocenters. The molecule has 0 amide bonds. The summed E-state index contributed by atoms with van der Waals surface area (Å²) in [6.45, 7) is -0.148. The summed E-state index contributed by atoms with van der Waals surface area (Å²) in [6.07, 6.45) is -6.53. The minimum Gasteiger partial charge on any atom is -0.489 e. The van der Waals surface area contributed by atoms with Crippen molar-refractivity contribution < 1.29 is 37.3 Å². The van der Waals surface area contributed by atoms with Gasteiger partial charge in [0.05, 0.1) is 25.9 Å². The topological polar surface area (TPSA) is 89.0 Å². The molecule has 0 aromatic heterocycles. The van der Waals surface area contributed by atoms with Crippen LogP contribution in [0.3, 0.4) is 0 Å². The summed E-state index contributed by atoms with van der Waals surface area (Å²) in [7, 11) is 2.59. The van der Waals surface area contributed by atoms with Crippen molar-refractivity contribution in [3.8, 4) is 5.75 Å². The van der Waals surface area contributed by atoms with Gasteiger partial charge in [0, 0.05) is 13.7 Å². The Morgan fingerprint density at radius 2 is 1.52 bits per heavy atom. The number of ether oxygens (including phenoxy) is 3. The van der Waals surface area contributed by atoms with Crippen LogP contribution in [0.25, 0.3) is 0 Å². The van der Waals surface area contributed by atoms with Gasteiger partial charge in [-0.05, 0) is 35.2 Å². The highest BCUT2D eigenvalue weighted by molar-refractivity contribution is 5.76. The number of aliphatic hydroxyl groups excluding tert-OH is 1. The van der Waals surface area contributed by atoms with Crippen LogP contribution in [0.4, 0.5) is 13.2 Å². The normalized spacial score (nSPS) is 14.7. The molecule has 0 fully saturated rings. The van der Waals surface area contributed by atoms with E-state index in [1.165, 1.54) is 14.2 Å². The van der Waals surface area contributed by atoms with Gasteiger partial charge in [0.15, 0.2) is 0 Å². The van der Waals surface area contributed by atoms with Gasteiger partial charge in [0.1, 0.15) is 24.4 Å². The fraction of sp³-hybridized carbons (Fsp3) is 0.367. The highest BCUT2D eigenvalue weighted by Gasteiger charge is 2.45. The minimum atomic E-state index is -4.77. The maximum Gasteiger partial charge on any atom is 0.406 e. The highest BCUT2D eigenvalue weighted by atomic mass is 19.4. The second-order valence-electron chi connectivity index (χ2n) is 9.28. The van der Waals surface area contributed by atoms with E-state index in [0.717, 1.165) is 11.1 Å². The third kappa shape index (κ3) is 9.63. The predicted octanol–water partition coefficient (Wildman–Crippen LogP) is 4.21. The number of hydrogen-bond donors (Lipinski definition) is 3. The summed E-state index contributed by atoms with van der Waals surface area (Å²) in [5, 5.41) is 15.9. The van der Waals surface area contributed by atoms with Crippen LogP contribution in [0.2, 0.25) is 0 Å². The van der Waals surface area contributed by atoms with Crippen molar-refractivity contribution >= 4 is 5.97 Å². The highest BCUT2D eigenvalue weighted by Crippen LogP contribution is 2.26. The van der Waals surface area contributed by atoms with Gasteiger partial charge in [0.2, 0.25) is 0 Å². The van der Waals surface area contributed by atoms with E-state index >= 15 is 0 Å². The third-order valence-corrected chi connectivity index (χ3v) is 6.32. The molecule has 216 valence electrons. The van der Waals surface area contributed by atoms with Gasteiger partial charge in [-0.15, -0.1) is 0 Å². The second kappa shape index (κ2) is 15.4. The number of carbonyl (C=O) groups excluding carboxylic acids is 1. The predicted molar refractivity (Wildman–Crippen MR) is 145 cm³/mol. The molecule has 3 rings (SSSR count). The van der Waals surface area contributed by atoms with Crippen LogP contribution in [0.15, 0.2) is 84.9 Å². The van der Waals surface area contributed by atoms with Crippen LogP contribution >= 0.6 is 0 Å². The molecule has 0 heterocycles. The first-order valence-electron chi connectivity index (χ1n) is 12.8. The van der Waals surface area contributed by atoms with Crippen LogP contribution < -0.4 is 15.4 Å². The molecule has 40 heavy (non-hydrogen) atoms. The van der Waals surface area contributed by atoms with Crippen LogP contribution in [0, 0.1) is 0 Å². The molecule has 7 nitrogen and oxygen atoms in total. The van der Waals surface area contributed by atoms with Gasteiger partial charge >= 0.3 is 12.1 Å². The maximum atomic E-state index is 14.0. The average molecular weight is 561 g/mol. The number of alkyl halides is 3. The zero-order chi connectivity index (χ0) is 29.0. The summed E-state index contributed by atoms with van der Waals surface area (Å²) in [5.74, 6) is -0.0246. The molecule has 0 radical (unpaired) electrons. The van der Waals surface area contributed by atoms with Crippen molar-refractivity contribution in [3.63, 3.8) is 0 Å². The first-order chi connectivity index (χ1) is 19.2. The Bertz CT molecular complexity index is 1150. The van der Waals surface area contributed by atoms with E-state index < -0.39 is 42.9 Å². The van der Waals surface area contributed by atoms with Gasteiger partial charge < -0.3 is 24.6 Å². The van der Waals surface area contributed by atoms with E-state index in [1.807, 2.05) is 30.3 Å². The molecule has 3 N–H and O–H groups in total. The zero-order valence-electron chi connectivity index (χ0n) is 22.4. The first kappa shape index (κ1) is 31.1. The number of nitrogens with one attached hydrogen (secondary N) is 2. The zero-order valence-corrected chi connectivity index (χ0v) is 22.4. The summed E-state index contributed by atoms with van der Waals surface area (Å²) < 4.78 is 57.7. The Kier molecular flexibility index (Phi) is 12.0. The number of carbonyl (C=O) groups is 1. The molecule has 0 aliphatic carbocycles. The SMILES string of the molecule is COC[C@H](N[C@H]([C@@H](O)CN[C@@H](Cc1ccc(OCc2ccccc2)cc1)C(=O)OC)C(F)(F)F)c1ccccc1. The summed E-state index contributed by atoms with van der Waals surface area (Å²) in [4.78, 5) is 12.4. The molecule has 0 aliphatic heterocycles. The van der Waals surface area contributed by atoms with E-state index in [2.05, 4.69) is 10.6 Å². The average Bonchev–Trinajstić information content (AvgIpc) is 2.96. The molecule has 3 aromatic carbocycles. The molecular weight excluding hydrogens is 525 g/mol.